The highest BCUT2D eigenvalue weighted by Crippen LogP contribution is 2.28. The number of anilines is 1. The molecule has 1 heterocycles. The van der Waals surface area contributed by atoms with Crippen LogP contribution in [0, 0.1) is 0 Å². The quantitative estimate of drug-likeness (QED) is 0.928. The van der Waals surface area contributed by atoms with Gasteiger partial charge in [-0.2, -0.15) is 0 Å². The van der Waals surface area contributed by atoms with Crippen LogP contribution < -0.4 is 4.90 Å². The van der Waals surface area contributed by atoms with Crippen LogP contribution in [-0.2, 0) is 0 Å². The van der Waals surface area contributed by atoms with Gasteiger partial charge in [0.05, 0.1) is 11.3 Å². The maximum absolute atomic E-state index is 11.4. The molecule has 1 aliphatic heterocycles. The number of benzene rings is 1. The number of nitrogens with zero attached hydrogens (tertiary/aromatic N) is 2. The van der Waals surface area contributed by atoms with E-state index in [4.69, 9.17) is 11.6 Å². The van der Waals surface area contributed by atoms with Gasteiger partial charge >= 0.3 is 5.97 Å². The summed E-state index contributed by atoms with van der Waals surface area (Å²) in [7, 11) is 1.97. The van der Waals surface area contributed by atoms with Gasteiger partial charge in [0.1, 0.15) is 0 Å². The van der Waals surface area contributed by atoms with Gasteiger partial charge < -0.3 is 14.9 Å². The molecule has 0 aliphatic carbocycles. The average Bonchev–Trinajstić information content (AvgIpc) is 2.46. The highest BCUT2D eigenvalue weighted by Gasteiger charge is 2.24. The van der Waals surface area contributed by atoms with E-state index in [1.165, 1.54) is 6.07 Å². The Bertz CT molecular complexity index is 485. The maximum atomic E-state index is 11.4. The molecule has 0 saturated carbocycles. The lowest BCUT2D eigenvalue weighted by molar-refractivity contribution is 0.0697. The Labute approximate surface area is 124 Å². The van der Waals surface area contributed by atoms with Crippen molar-refractivity contribution in [2.45, 2.75) is 25.8 Å². The summed E-state index contributed by atoms with van der Waals surface area (Å²) in [6.07, 6.45) is 2.12. The van der Waals surface area contributed by atoms with Gasteiger partial charge in [0.15, 0.2) is 0 Å². The van der Waals surface area contributed by atoms with Crippen molar-refractivity contribution >= 4 is 23.3 Å². The van der Waals surface area contributed by atoms with Crippen molar-refractivity contribution in [2.75, 3.05) is 31.6 Å². The minimum absolute atomic E-state index is 0.276. The number of rotatable bonds is 4. The summed E-state index contributed by atoms with van der Waals surface area (Å²) in [6, 6.07) is 5.47. The lowest BCUT2D eigenvalue weighted by atomic mass is 10.0. The zero-order valence-electron chi connectivity index (χ0n) is 12.0. The molecule has 110 valence electrons. The summed E-state index contributed by atoms with van der Waals surface area (Å²) >= 11 is 5.90. The van der Waals surface area contributed by atoms with Gasteiger partial charge in [-0.05, 0) is 37.6 Å². The van der Waals surface area contributed by atoms with Crippen LogP contribution in [0.4, 0.5) is 5.69 Å². The first-order chi connectivity index (χ1) is 9.52. The second-order valence-electron chi connectivity index (χ2n) is 5.24. The summed E-state index contributed by atoms with van der Waals surface area (Å²) in [5, 5.41) is 9.78. The normalized spacial score (nSPS) is 17.1. The highest BCUT2D eigenvalue weighted by molar-refractivity contribution is 6.31. The van der Waals surface area contributed by atoms with Crippen LogP contribution in [0.2, 0.25) is 5.02 Å². The SMILES string of the molecule is CCN1CCC(N(C)c2ccc(Cl)cc2C(=O)O)CC1. The lowest BCUT2D eigenvalue weighted by Gasteiger charge is -2.37. The molecule has 2 rings (SSSR count). The molecule has 5 heteroatoms. The van der Waals surface area contributed by atoms with Gasteiger partial charge in [0.2, 0.25) is 0 Å². The van der Waals surface area contributed by atoms with Crippen LogP contribution in [0.25, 0.3) is 0 Å². The Morgan fingerprint density at radius 3 is 2.65 bits per heavy atom. The molecule has 0 radical (unpaired) electrons. The summed E-state index contributed by atoms with van der Waals surface area (Å²) < 4.78 is 0. The molecule has 0 atom stereocenters. The van der Waals surface area contributed by atoms with E-state index in [1.54, 1.807) is 12.1 Å². The Kier molecular flexibility index (Phi) is 4.89. The Morgan fingerprint density at radius 1 is 1.45 bits per heavy atom. The van der Waals surface area contributed by atoms with Crippen molar-refractivity contribution in [3.8, 4) is 0 Å². The fourth-order valence-electron chi connectivity index (χ4n) is 2.81. The third-order valence-electron chi connectivity index (χ3n) is 4.12. The number of piperidine rings is 1. The molecule has 1 saturated heterocycles. The third-order valence-corrected chi connectivity index (χ3v) is 4.36. The minimum atomic E-state index is -0.930. The zero-order chi connectivity index (χ0) is 14.7. The van der Waals surface area contributed by atoms with E-state index in [9.17, 15) is 9.90 Å². The molecule has 1 fully saturated rings. The summed E-state index contributed by atoms with van der Waals surface area (Å²) in [5.74, 6) is -0.930. The van der Waals surface area contributed by atoms with Crippen LogP contribution in [-0.4, -0.2) is 48.7 Å². The standard InChI is InChI=1S/C15H21ClN2O2/c1-3-18-8-6-12(7-9-18)17(2)14-5-4-11(16)10-13(14)15(19)20/h4-5,10,12H,3,6-9H2,1-2H3,(H,19,20). The minimum Gasteiger partial charge on any atom is -0.478 e. The molecule has 0 unspecified atom stereocenters. The van der Waals surface area contributed by atoms with Crippen LogP contribution >= 0.6 is 11.6 Å². The third kappa shape index (κ3) is 3.25. The number of carboxylic acid groups (broad SMARTS) is 1. The smallest absolute Gasteiger partial charge is 0.337 e. The molecule has 1 aromatic carbocycles. The molecule has 0 amide bonds. The van der Waals surface area contributed by atoms with Crippen LogP contribution in [0.15, 0.2) is 18.2 Å². The fraction of sp³-hybridized carbons (Fsp3) is 0.533. The number of hydrogen-bond acceptors (Lipinski definition) is 3. The van der Waals surface area contributed by atoms with Crippen LogP contribution in [0.5, 0.6) is 0 Å². The molecular weight excluding hydrogens is 276 g/mol. The zero-order valence-corrected chi connectivity index (χ0v) is 12.7. The molecule has 0 bridgehead atoms. The van der Waals surface area contributed by atoms with Gasteiger partial charge in [0.25, 0.3) is 0 Å². The van der Waals surface area contributed by atoms with E-state index in [-0.39, 0.29) is 5.56 Å². The summed E-state index contributed by atoms with van der Waals surface area (Å²) in [4.78, 5) is 15.9. The van der Waals surface area contributed by atoms with Gasteiger partial charge in [-0.3, -0.25) is 0 Å². The summed E-state index contributed by atoms with van der Waals surface area (Å²) in [5.41, 5.74) is 1.02. The predicted octanol–water partition coefficient (Wildman–Crippen LogP) is 2.96. The molecule has 1 aromatic rings. The Morgan fingerprint density at radius 2 is 2.10 bits per heavy atom. The van der Waals surface area contributed by atoms with Crippen molar-refractivity contribution in [2.24, 2.45) is 0 Å². The van der Waals surface area contributed by atoms with Crippen molar-refractivity contribution in [3.05, 3.63) is 28.8 Å². The van der Waals surface area contributed by atoms with E-state index in [0.29, 0.717) is 11.1 Å². The average molecular weight is 297 g/mol. The number of likely N-dealkylation sites (tertiary alicyclic amines) is 1. The van der Waals surface area contributed by atoms with Crippen molar-refractivity contribution in [1.29, 1.82) is 0 Å². The highest BCUT2D eigenvalue weighted by atomic mass is 35.5. The molecule has 1 N–H and O–H groups in total. The van der Waals surface area contributed by atoms with Gasteiger partial charge in [-0.1, -0.05) is 18.5 Å². The van der Waals surface area contributed by atoms with E-state index in [2.05, 4.69) is 16.7 Å². The van der Waals surface area contributed by atoms with Crippen molar-refractivity contribution in [3.63, 3.8) is 0 Å². The number of hydrogen-bond donors (Lipinski definition) is 1. The topological polar surface area (TPSA) is 43.8 Å². The van der Waals surface area contributed by atoms with Crippen molar-refractivity contribution < 1.29 is 9.90 Å². The van der Waals surface area contributed by atoms with Gasteiger partial charge in [-0.25, -0.2) is 4.79 Å². The van der Waals surface area contributed by atoms with Crippen LogP contribution in [0.1, 0.15) is 30.1 Å². The van der Waals surface area contributed by atoms with Crippen LogP contribution in [0.3, 0.4) is 0 Å². The summed E-state index contributed by atoms with van der Waals surface area (Å²) in [6.45, 7) is 5.40. The van der Waals surface area contributed by atoms with Gasteiger partial charge in [0, 0.05) is 31.2 Å². The molecule has 0 aromatic heterocycles. The Balaban J connectivity index is 2.17. The molecule has 4 nitrogen and oxygen atoms in total. The largest absolute Gasteiger partial charge is 0.478 e. The molecular formula is C15H21ClN2O2. The first-order valence-electron chi connectivity index (χ1n) is 7.01. The van der Waals surface area contributed by atoms with Gasteiger partial charge in [-0.15, -0.1) is 0 Å². The second kappa shape index (κ2) is 6.46. The number of aromatic carboxylic acids is 1. The first kappa shape index (κ1) is 15.1. The molecule has 20 heavy (non-hydrogen) atoms. The maximum Gasteiger partial charge on any atom is 0.337 e. The monoisotopic (exact) mass is 296 g/mol. The molecule has 1 aliphatic rings. The number of carbonyl (C=O) groups is 1. The number of halogens is 1. The second-order valence-corrected chi connectivity index (χ2v) is 5.68. The van der Waals surface area contributed by atoms with Crippen molar-refractivity contribution in [1.82, 2.24) is 4.90 Å². The first-order valence-corrected chi connectivity index (χ1v) is 7.38. The fourth-order valence-corrected chi connectivity index (χ4v) is 2.98. The molecule has 0 spiro atoms. The predicted molar refractivity (Wildman–Crippen MR) is 82.0 cm³/mol. The van der Waals surface area contributed by atoms with E-state index in [0.717, 1.165) is 38.2 Å². The Hall–Kier alpha value is -1.26. The van der Waals surface area contributed by atoms with E-state index >= 15 is 0 Å². The van der Waals surface area contributed by atoms with E-state index in [1.807, 2.05) is 7.05 Å². The van der Waals surface area contributed by atoms with E-state index < -0.39 is 5.97 Å². The lowest BCUT2D eigenvalue weighted by Crippen LogP contribution is -2.43. The number of carboxylic acids is 1.